The van der Waals surface area contributed by atoms with E-state index in [1.807, 2.05) is 18.3 Å². The molecule has 0 fully saturated rings. The molecule has 1 heterocycles. The lowest BCUT2D eigenvalue weighted by Gasteiger charge is -2.15. The highest BCUT2D eigenvalue weighted by molar-refractivity contribution is 9.10. The number of nitrogens with zero attached hydrogens (tertiary/aromatic N) is 1. The smallest absolute Gasteiger partial charge is 0.0702 e. The Morgan fingerprint density at radius 2 is 2.00 bits per heavy atom. The maximum absolute atomic E-state index is 4.35. The molecule has 3 heteroatoms. The summed E-state index contributed by atoms with van der Waals surface area (Å²) in [6.45, 7) is 3.03. The van der Waals surface area contributed by atoms with Crippen molar-refractivity contribution in [3.8, 4) is 0 Å². The van der Waals surface area contributed by atoms with Gasteiger partial charge in [-0.15, -0.1) is 0 Å². The van der Waals surface area contributed by atoms with E-state index < -0.39 is 0 Å². The summed E-state index contributed by atoms with van der Waals surface area (Å²) in [6.07, 6.45) is 1.83. The maximum atomic E-state index is 4.35. The molecule has 1 atom stereocenters. The zero-order chi connectivity index (χ0) is 14.7. The Kier molecular flexibility index (Phi) is 4.32. The second kappa shape index (κ2) is 6.37. The van der Waals surface area contributed by atoms with E-state index >= 15 is 0 Å². The van der Waals surface area contributed by atoms with Crippen molar-refractivity contribution < 1.29 is 0 Å². The van der Waals surface area contributed by atoms with Gasteiger partial charge < -0.3 is 5.32 Å². The van der Waals surface area contributed by atoms with Gasteiger partial charge in [-0.25, -0.2) is 0 Å². The van der Waals surface area contributed by atoms with Crippen LogP contribution in [0, 0.1) is 0 Å². The molecule has 0 unspecified atom stereocenters. The first-order valence-corrected chi connectivity index (χ1v) is 7.84. The lowest BCUT2D eigenvalue weighted by Crippen LogP contribution is -2.18. The number of rotatable bonds is 4. The summed E-state index contributed by atoms with van der Waals surface area (Å²) in [4.78, 5) is 4.35. The molecule has 2 aromatic carbocycles. The van der Waals surface area contributed by atoms with Gasteiger partial charge in [-0.2, -0.15) is 0 Å². The fraction of sp³-hybridized carbons (Fsp3) is 0.167. The van der Waals surface area contributed by atoms with E-state index in [0.717, 1.165) is 16.5 Å². The molecule has 0 saturated heterocycles. The third-order valence-corrected chi connectivity index (χ3v) is 4.12. The van der Waals surface area contributed by atoms with E-state index in [1.165, 1.54) is 16.5 Å². The van der Waals surface area contributed by atoms with Crippen molar-refractivity contribution in [2.24, 2.45) is 0 Å². The fourth-order valence-corrected chi connectivity index (χ4v) is 2.82. The highest BCUT2D eigenvalue weighted by atomic mass is 79.9. The van der Waals surface area contributed by atoms with E-state index in [0.29, 0.717) is 6.04 Å². The third-order valence-electron chi connectivity index (χ3n) is 3.63. The summed E-state index contributed by atoms with van der Waals surface area (Å²) < 4.78 is 1.12. The van der Waals surface area contributed by atoms with Crippen LogP contribution in [0.3, 0.4) is 0 Å². The molecule has 1 aromatic heterocycles. The van der Waals surface area contributed by atoms with Crippen molar-refractivity contribution in [2.75, 3.05) is 0 Å². The van der Waals surface area contributed by atoms with Crippen LogP contribution in [0.2, 0.25) is 0 Å². The van der Waals surface area contributed by atoms with Crippen molar-refractivity contribution in [3.63, 3.8) is 0 Å². The molecule has 3 rings (SSSR count). The number of hydrogen-bond acceptors (Lipinski definition) is 2. The zero-order valence-corrected chi connectivity index (χ0v) is 13.5. The van der Waals surface area contributed by atoms with Crippen LogP contribution in [-0.2, 0) is 6.54 Å². The van der Waals surface area contributed by atoms with E-state index in [9.17, 15) is 0 Å². The van der Waals surface area contributed by atoms with Crippen LogP contribution >= 0.6 is 15.9 Å². The summed E-state index contributed by atoms with van der Waals surface area (Å²) in [5.41, 5.74) is 3.60. The van der Waals surface area contributed by atoms with Crippen molar-refractivity contribution in [2.45, 2.75) is 19.5 Å². The van der Waals surface area contributed by atoms with Gasteiger partial charge in [0.1, 0.15) is 0 Å². The number of fused-ring (bicyclic) bond motifs is 1. The van der Waals surface area contributed by atoms with E-state index in [1.54, 1.807) is 0 Å². The van der Waals surface area contributed by atoms with Gasteiger partial charge in [0.05, 0.1) is 5.52 Å². The molecular weight excluding hydrogens is 324 g/mol. The van der Waals surface area contributed by atoms with Crippen LogP contribution in [0.25, 0.3) is 10.9 Å². The molecule has 2 nitrogen and oxygen atoms in total. The molecular formula is C18H17BrN2. The molecule has 0 amide bonds. The van der Waals surface area contributed by atoms with Crippen molar-refractivity contribution in [1.82, 2.24) is 10.3 Å². The number of aromatic nitrogens is 1. The van der Waals surface area contributed by atoms with E-state index in [4.69, 9.17) is 0 Å². The van der Waals surface area contributed by atoms with Crippen LogP contribution in [-0.4, -0.2) is 4.98 Å². The number of benzene rings is 2. The van der Waals surface area contributed by atoms with Crippen LogP contribution in [0.1, 0.15) is 24.1 Å². The van der Waals surface area contributed by atoms with Gasteiger partial charge in [-0.1, -0.05) is 40.2 Å². The second-order valence-electron chi connectivity index (χ2n) is 5.19. The predicted molar refractivity (Wildman–Crippen MR) is 91.1 cm³/mol. The molecule has 0 bridgehead atoms. The predicted octanol–water partition coefficient (Wildman–Crippen LogP) is 4.85. The first-order chi connectivity index (χ1) is 10.2. The summed E-state index contributed by atoms with van der Waals surface area (Å²) >= 11 is 3.52. The normalized spacial score (nSPS) is 12.5. The number of halogens is 1. The summed E-state index contributed by atoms with van der Waals surface area (Å²) in [5, 5.41) is 4.75. The Balaban J connectivity index is 1.71. The number of hydrogen-bond donors (Lipinski definition) is 1. The Bertz CT molecular complexity index is 755. The summed E-state index contributed by atoms with van der Waals surface area (Å²) in [7, 11) is 0. The van der Waals surface area contributed by atoms with Crippen LogP contribution in [0.5, 0.6) is 0 Å². The Morgan fingerprint density at radius 3 is 2.86 bits per heavy atom. The van der Waals surface area contributed by atoms with Crippen molar-refractivity contribution in [3.05, 3.63) is 76.4 Å². The third kappa shape index (κ3) is 3.49. The highest BCUT2D eigenvalue weighted by Crippen LogP contribution is 2.19. The first-order valence-electron chi connectivity index (χ1n) is 7.05. The first kappa shape index (κ1) is 14.2. The Morgan fingerprint density at radius 1 is 1.10 bits per heavy atom. The van der Waals surface area contributed by atoms with Gasteiger partial charge in [0.25, 0.3) is 0 Å². The van der Waals surface area contributed by atoms with Gasteiger partial charge in [-0.3, -0.25) is 4.98 Å². The quantitative estimate of drug-likeness (QED) is 0.734. The minimum atomic E-state index is 0.312. The Labute approximate surface area is 133 Å². The molecule has 0 radical (unpaired) electrons. The van der Waals surface area contributed by atoms with Crippen LogP contribution in [0.4, 0.5) is 0 Å². The highest BCUT2D eigenvalue weighted by Gasteiger charge is 2.05. The lowest BCUT2D eigenvalue weighted by atomic mass is 10.1. The molecule has 0 saturated carbocycles. The average molecular weight is 341 g/mol. The largest absolute Gasteiger partial charge is 0.306 e. The Hall–Kier alpha value is -1.71. The standard InChI is InChI=1S/C18H17BrN2/c1-13(15-4-2-6-17(19)11-15)21-12-14-7-8-18-16(10-14)5-3-9-20-18/h2-11,13,21H,12H2,1H3/t13-/m0/s1. The topological polar surface area (TPSA) is 24.9 Å². The lowest BCUT2D eigenvalue weighted by molar-refractivity contribution is 0.575. The minimum absolute atomic E-state index is 0.312. The minimum Gasteiger partial charge on any atom is -0.306 e. The van der Waals surface area contributed by atoms with E-state index in [2.05, 4.69) is 75.6 Å². The molecule has 1 N–H and O–H groups in total. The monoisotopic (exact) mass is 340 g/mol. The molecule has 0 aliphatic rings. The summed E-state index contributed by atoms with van der Waals surface area (Å²) in [5.74, 6) is 0. The molecule has 3 aromatic rings. The van der Waals surface area contributed by atoms with Gasteiger partial charge in [0.2, 0.25) is 0 Å². The van der Waals surface area contributed by atoms with E-state index in [-0.39, 0.29) is 0 Å². The molecule has 106 valence electrons. The van der Waals surface area contributed by atoms with Gasteiger partial charge in [0.15, 0.2) is 0 Å². The molecule has 21 heavy (non-hydrogen) atoms. The SMILES string of the molecule is C[C@H](NCc1ccc2ncccc2c1)c1cccc(Br)c1. The zero-order valence-electron chi connectivity index (χ0n) is 11.9. The maximum Gasteiger partial charge on any atom is 0.0702 e. The fourth-order valence-electron chi connectivity index (χ4n) is 2.40. The summed E-state index contributed by atoms with van der Waals surface area (Å²) in [6, 6.07) is 19.2. The number of pyridine rings is 1. The molecule has 0 aliphatic heterocycles. The molecule has 0 aliphatic carbocycles. The average Bonchev–Trinajstić information content (AvgIpc) is 2.52. The second-order valence-corrected chi connectivity index (χ2v) is 6.10. The van der Waals surface area contributed by atoms with Crippen LogP contribution in [0.15, 0.2) is 65.3 Å². The van der Waals surface area contributed by atoms with Gasteiger partial charge in [0, 0.05) is 28.6 Å². The van der Waals surface area contributed by atoms with Gasteiger partial charge in [-0.05, 0) is 48.4 Å². The molecule has 0 spiro atoms. The van der Waals surface area contributed by atoms with Gasteiger partial charge >= 0.3 is 0 Å². The van der Waals surface area contributed by atoms with Crippen molar-refractivity contribution in [1.29, 1.82) is 0 Å². The van der Waals surface area contributed by atoms with Crippen LogP contribution < -0.4 is 5.32 Å². The van der Waals surface area contributed by atoms with Crippen molar-refractivity contribution >= 4 is 26.8 Å². The number of nitrogens with one attached hydrogen (secondary N) is 1.